The molecule has 2 aromatic carbocycles. The van der Waals surface area contributed by atoms with Crippen LogP contribution in [0.1, 0.15) is 5.56 Å². The molecule has 0 atom stereocenters. The first-order chi connectivity index (χ1) is 10.2. The first-order valence-electron chi connectivity index (χ1n) is 6.59. The van der Waals surface area contributed by atoms with Gasteiger partial charge in [-0.15, -0.1) is 0 Å². The first kappa shape index (κ1) is 13.6. The molecule has 104 valence electrons. The Morgan fingerprint density at radius 2 is 2.00 bits per heavy atom. The highest BCUT2D eigenvalue weighted by atomic mass is 35.5. The van der Waals surface area contributed by atoms with E-state index < -0.39 is 0 Å². The summed E-state index contributed by atoms with van der Waals surface area (Å²) in [6.07, 6.45) is 3.84. The van der Waals surface area contributed by atoms with Crippen molar-refractivity contribution in [1.29, 1.82) is 0 Å². The van der Waals surface area contributed by atoms with E-state index in [1.165, 1.54) is 0 Å². The van der Waals surface area contributed by atoms with Crippen LogP contribution >= 0.6 is 11.6 Å². The van der Waals surface area contributed by atoms with Gasteiger partial charge in [-0.2, -0.15) is 0 Å². The highest BCUT2D eigenvalue weighted by Crippen LogP contribution is 2.18. The lowest BCUT2D eigenvalue weighted by Crippen LogP contribution is -2.14. The number of fused-ring (bicyclic) bond motifs is 1. The van der Waals surface area contributed by atoms with Crippen molar-refractivity contribution in [3.05, 3.63) is 71.5 Å². The van der Waals surface area contributed by atoms with E-state index in [1.54, 1.807) is 24.5 Å². The summed E-state index contributed by atoms with van der Waals surface area (Å²) in [6, 6.07) is 15.0. The number of halogens is 1. The third kappa shape index (κ3) is 3.38. The van der Waals surface area contributed by atoms with Crippen molar-refractivity contribution in [2.45, 2.75) is 6.42 Å². The van der Waals surface area contributed by atoms with E-state index in [4.69, 9.17) is 11.6 Å². The number of carbonyl (C=O) groups is 1. The molecular formula is C17H13ClN2O. The Hall–Kier alpha value is -2.39. The number of aromatic nitrogens is 1. The zero-order chi connectivity index (χ0) is 14.7. The van der Waals surface area contributed by atoms with Crippen LogP contribution in [0.2, 0.25) is 5.02 Å². The Morgan fingerprint density at radius 3 is 2.86 bits per heavy atom. The third-order valence-electron chi connectivity index (χ3n) is 3.18. The van der Waals surface area contributed by atoms with Crippen LogP contribution < -0.4 is 5.32 Å². The second-order valence-corrected chi connectivity index (χ2v) is 5.23. The van der Waals surface area contributed by atoms with Gasteiger partial charge in [0.25, 0.3) is 0 Å². The maximum absolute atomic E-state index is 12.1. The van der Waals surface area contributed by atoms with Crippen LogP contribution in [-0.2, 0) is 11.2 Å². The Bertz CT molecular complexity index is 801. The molecule has 0 aliphatic rings. The number of pyridine rings is 1. The van der Waals surface area contributed by atoms with Gasteiger partial charge in [-0.25, -0.2) is 0 Å². The number of benzene rings is 2. The van der Waals surface area contributed by atoms with Gasteiger partial charge in [0.2, 0.25) is 5.91 Å². The lowest BCUT2D eigenvalue weighted by atomic mass is 10.1. The summed E-state index contributed by atoms with van der Waals surface area (Å²) in [4.78, 5) is 16.1. The molecule has 0 aliphatic carbocycles. The van der Waals surface area contributed by atoms with Crippen molar-refractivity contribution >= 4 is 34.0 Å². The summed E-state index contributed by atoms with van der Waals surface area (Å²) in [5.74, 6) is -0.0642. The normalized spacial score (nSPS) is 10.5. The number of hydrogen-bond acceptors (Lipinski definition) is 2. The van der Waals surface area contributed by atoms with Gasteiger partial charge in [-0.1, -0.05) is 29.8 Å². The van der Waals surface area contributed by atoms with Gasteiger partial charge in [0.05, 0.1) is 6.42 Å². The number of hydrogen-bond donors (Lipinski definition) is 1. The van der Waals surface area contributed by atoms with Crippen LogP contribution in [0, 0.1) is 0 Å². The zero-order valence-electron chi connectivity index (χ0n) is 11.2. The minimum absolute atomic E-state index is 0.0642. The van der Waals surface area contributed by atoms with Crippen molar-refractivity contribution in [3.8, 4) is 0 Å². The first-order valence-corrected chi connectivity index (χ1v) is 6.96. The molecule has 4 heteroatoms. The minimum atomic E-state index is -0.0642. The SMILES string of the molecule is O=C(Cc1cccc(Cl)c1)Nc1ccc2cnccc2c1. The van der Waals surface area contributed by atoms with Gasteiger partial charge >= 0.3 is 0 Å². The molecule has 1 N–H and O–H groups in total. The average Bonchev–Trinajstić information content (AvgIpc) is 2.47. The van der Waals surface area contributed by atoms with E-state index in [2.05, 4.69) is 10.3 Å². The topological polar surface area (TPSA) is 42.0 Å². The summed E-state index contributed by atoms with van der Waals surface area (Å²) >= 11 is 5.92. The number of nitrogens with zero attached hydrogens (tertiary/aromatic N) is 1. The maximum atomic E-state index is 12.1. The van der Waals surface area contributed by atoms with Gasteiger partial charge in [-0.3, -0.25) is 9.78 Å². The van der Waals surface area contributed by atoms with Crippen molar-refractivity contribution in [3.63, 3.8) is 0 Å². The molecule has 0 bridgehead atoms. The van der Waals surface area contributed by atoms with Crippen LogP contribution in [0.4, 0.5) is 5.69 Å². The standard InChI is InChI=1S/C17H13ClN2O/c18-15-3-1-2-12(8-15)9-17(21)20-16-5-4-14-11-19-7-6-13(14)10-16/h1-8,10-11H,9H2,(H,20,21). The van der Waals surface area contributed by atoms with Crippen LogP contribution in [-0.4, -0.2) is 10.9 Å². The molecule has 3 nitrogen and oxygen atoms in total. The molecule has 21 heavy (non-hydrogen) atoms. The monoisotopic (exact) mass is 296 g/mol. The van der Waals surface area contributed by atoms with E-state index in [0.717, 1.165) is 22.0 Å². The molecule has 1 aromatic heterocycles. The second-order valence-electron chi connectivity index (χ2n) is 4.79. The molecule has 0 aliphatic heterocycles. The van der Waals surface area contributed by atoms with Crippen molar-refractivity contribution in [1.82, 2.24) is 4.98 Å². The molecule has 0 unspecified atom stereocenters. The molecule has 3 aromatic rings. The molecule has 0 saturated heterocycles. The van der Waals surface area contributed by atoms with Gasteiger partial charge < -0.3 is 5.32 Å². The van der Waals surface area contributed by atoms with Crippen LogP contribution in [0.25, 0.3) is 10.8 Å². The molecule has 1 amide bonds. The van der Waals surface area contributed by atoms with Crippen LogP contribution in [0.5, 0.6) is 0 Å². The van der Waals surface area contributed by atoms with E-state index in [-0.39, 0.29) is 5.91 Å². The number of carbonyl (C=O) groups excluding carboxylic acids is 1. The fraction of sp³-hybridized carbons (Fsp3) is 0.0588. The summed E-state index contributed by atoms with van der Waals surface area (Å²) in [7, 11) is 0. The summed E-state index contributed by atoms with van der Waals surface area (Å²) in [5.41, 5.74) is 1.67. The summed E-state index contributed by atoms with van der Waals surface area (Å²) in [6.45, 7) is 0. The second kappa shape index (κ2) is 5.94. The molecule has 1 heterocycles. The van der Waals surface area contributed by atoms with E-state index in [9.17, 15) is 4.79 Å². The summed E-state index contributed by atoms with van der Waals surface area (Å²) in [5, 5.41) is 5.63. The van der Waals surface area contributed by atoms with Gasteiger partial charge in [0, 0.05) is 28.5 Å². The molecule has 0 spiro atoms. The van der Waals surface area contributed by atoms with Gasteiger partial charge in [0.1, 0.15) is 0 Å². The third-order valence-corrected chi connectivity index (χ3v) is 3.41. The van der Waals surface area contributed by atoms with Gasteiger partial charge in [0.15, 0.2) is 0 Å². The number of anilines is 1. The molecule has 0 fully saturated rings. The quantitative estimate of drug-likeness (QED) is 0.791. The molecule has 3 rings (SSSR count). The maximum Gasteiger partial charge on any atom is 0.228 e. The molecule has 0 radical (unpaired) electrons. The van der Waals surface area contributed by atoms with Gasteiger partial charge in [-0.05, 0) is 41.3 Å². The molecule has 0 saturated carbocycles. The summed E-state index contributed by atoms with van der Waals surface area (Å²) < 4.78 is 0. The fourth-order valence-electron chi connectivity index (χ4n) is 2.20. The van der Waals surface area contributed by atoms with Crippen molar-refractivity contribution in [2.24, 2.45) is 0 Å². The highest BCUT2D eigenvalue weighted by molar-refractivity contribution is 6.30. The zero-order valence-corrected chi connectivity index (χ0v) is 12.0. The highest BCUT2D eigenvalue weighted by Gasteiger charge is 2.05. The van der Waals surface area contributed by atoms with Crippen LogP contribution in [0.15, 0.2) is 60.9 Å². The van der Waals surface area contributed by atoms with E-state index >= 15 is 0 Å². The Labute approximate surface area is 127 Å². The van der Waals surface area contributed by atoms with Crippen LogP contribution in [0.3, 0.4) is 0 Å². The Balaban J connectivity index is 1.74. The number of amides is 1. The predicted octanol–water partition coefficient (Wildman–Crippen LogP) is 4.07. The fourth-order valence-corrected chi connectivity index (χ4v) is 2.41. The lowest BCUT2D eigenvalue weighted by Gasteiger charge is -2.07. The average molecular weight is 297 g/mol. The van der Waals surface area contributed by atoms with E-state index in [0.29, 0.717) is 11.4 Å². The Morgan fingerprint density at radius 1 is 1.10 bits per heavy atom. The van der Waals surface area contributed by atoms with Crippen molar-refractivity contribution in [2.75, 3.05) is 5.32 Å². The number of nitrogens with one attached hydrogen (secondary N) is 1. The van der Waals surface area contributed by atoms with Crippen molar-refractivity contribution < 1.29 is 4.79 Å². The largest absolute Gasteiger partial charge is 0.326 e. The molecular weight excluding hydrogens is 284 g/mol. The lowest BCUT2D eigenvalue weighted by molar-refractivity contribution is -0.115. The number of rotatable bonds is 3. The minimum Gasteiger partial charge on any atom is -0.326 e. The predicted molar refractivity (Wildman–Crippen MR) is 85.5 cm³/mol. The Kier molecular flexibility index (Phi) is 3.84. The smallest absolute Gasteiger partial charge is 0.228 e. The van der Waals surface area contributed by atoms with E-state index in [1.807, 2.05) is 36.4 Å².